The van der Waals surface area contributed by atoms with Gasteiger partial charge >= 0.3 is 0 Å². The van der Waals surface area contributed by atoms with E-state index in [0.29, 0.717) is 12.1 Å². The van der Waals surface area contributed by atoms with Crippen LogP contribution in [0.1, 0.15) is 16.2 Å². The van der Waals surface area contributed by atoms with E-state index < -0.39 is 0 Å². The van der Waals surface area contributed by atoms with Crippen molar-refractivity contribution in [2.45, 2.75) is 6.54 Å². The van der Waals surface area contributed by atoms with Crippen LogP contribution in [-0.4, -0.2) is 23.0 Å². The van der Waals surface area contributed by atoms with Crippen LogP contribution in [0.4, 0.5) is 0 Å². The molecule has 1 heterocycles. The van der Waals surface area contributed by atoms with Gasteiger partial charge in [-0.05, 0) is 36.4 Å². The molecule has 0 aliphatic heterocycles. The van der Waals surface area contributed by atoms with Crippen molar-refractivity contribution < 1.29 is 9.53 Å². The SMILES string of the molecule is COc1ccc(C(=O)NCc2nc3ccccc3[nH]2)cc1. The Labute approximate surface area is 122 Å². The van der Waals surface area contributed by atoms with E-state index >= 15 is 0 Å². The molecular weight excluding hydrogens is 266 g/mol. The van der Waals surface area contributed by atoms with Crippen LogP contribution in [0.25, 0.3) is 11.0 Å². The highest BCUT2D eigenvalue weighted by atomic mass is 16.5. The van der Waals surface area contributed by atoms with Gasteiger partial charge in [0.2, 0.25) is 0 Å². The first kappa shape index (κ1) is 13.2. The number of hydrogen-bond donors (Lipinski definition) is 2. The van der Waals surface area contributed by atoms with Crippen molar-refractivity contribution in [2.75, 3.05) is 7.11 Å². The zero-order chi connectivity index (χ0) is 14.7. The number of aromatic nitrogens is 2. The number of hydrogen-bond acceptors (Lipinski definition) is 3. The van der Waals surface area contributed by atoms with Gasteiger partial charge in [0.25, 0.3) is 5.91 Å². The Morgan fingerprint density at radius 2 is 1.95 bits per heavy atom. The number of fused-ring (bicyclic) bond motifs is 1. The number of amides is 1. The summed E-state index contributed by atoms with van der Waals surface area (Å²) in [5.74, 6) is 1.32. The lowest BCUT2D eigenvalue weighted by Gasteiger charge is -2.04. The summed E-state index contributed by atoms with van der Waals surface area (Å²) in [5.41, 5.74) is 2.45. The Morgan fingerprint density at radius 1 is 1.19 bits per heavy atom. The number of benzene rings is 2. The summed E-state index contributed by atoms with van der Waals surface area (Å²) in [7, 11) is 1.59. The fourth-order valence-corrected chi connectivity index (χ4v) is 2.10. The molecule has 1 amide bonds. The smallest absolute Gasteiger partial charge is 0.251 e. The third kappa shape index (κ3) is 2.86. The Balaban J connectivity index is 1.67. The molecular formula is C16H15N3O2. The van der Waals surface area contributed by atoms with E-state index in [9.17, 15) is 4.79 Å². The molecule has 1 aromatic heterocycles. The van der Waals surface area contributed by atoms with Gasteiger partial charge in [-0.2, -0.15) is 0 Å². The van der Waals surface area contributed by atoms with Crippen molar-refractivity contribution in [3.63, 3.8) is 0 Å². The minimum Gasteiger partial charge on any atom is -0.497 e. The number of H-pyrrole nitrogens is 1. The first-order chi connectivity index (χ1) is 10.3. The average molecular weight is 281 g/mol. The van der Waals surface area contributed by atoms with E-state index in [2.05, 4.69) is 15.3 Å². The molecule has 2 N–H and O–H groups in total. The van der Waals surface area contributed by atoms with Crippen LogP contribution in [0.15, 0.2) is 48.5 Å². The third-order valence-corrected chi connectivity index (χ3v) is 3.21. The highest BCUT2D eigenvalue weighted by Gasteiger charge is 2.07. The Morgan fingerprint density at radius 3 is 2.67 bits per heavy atom. The number of ether oxygens (including phenoxy) is 1. The maximum Gasteiger partial charge on any atom is 0.251 e. The lowest BCUT2D eigenvalue weighted by atomic mass is 10.2. The summed E-state index contributed by atoms with van der Waals surface area (Å²) >= 11 is 0. The maximum atomic E-state index is 12.0. The zero-order valence-corrected chi connectivity index (χ0v) is 11.6. The summed E-state index contributed by atoms with van der Waals surface area (Å²) in [6, 6.07) is 14.7. The number of nitrogens with one attached hydrogen (secondary N) is 2. The molecule has 0 aliphatic carbocycles. The number of aromatic amines is 1. The minimum absolute atomic E-state index is 0.141. The van der Waals surface area contributed by atoms with Crippen LogP contribution in [0.2, 0.25) is 0 Å². The molecule has 5 nitrogen and oxygen atoms in total. The van der Waals surface area contributed by atoms with Crippen molar-refractivity contribution in [1.29, 1.82) is 0 Å². The number of para-hydroxylation sites is 2. The van der Waals surface area contributed by atoms with Gasteiger partial charge in [-0.3, -0.25) is 4.79 Å². The van der Waals surface area contributed by atoms with E-state index in [4.69, 9.17) is 4.74 Å². The highest BCUT2D eigenvalue weighted by Crippen LogP contribution is 2.12. The molecule has 0 unspecified atom stereocenters. The van der Waals surface area contributed by atoms with Gasteiger partial charge in [0.05, 0.1) is 24.7 Å². The highest BCUT2D eigenvalue weighted by molar-refractivity contribution is 5.94. The van der Waals surface area contributed by atoms with Crippen molar-refractivity contribution >= 4 is 16.9 Å². The third-order valence-electron chi connectivity index (χ3n) is 3.21. The summed E-state index contributed by atoms with van der Waals surface area (Å²) < 4.78 is 5.07. The van der Waals surface area contributed by atoms with Gasteiger partial charge in [0.1, 0.15) is 11.6 Å². The van der Waals surface area contributed by atoms with Gasteiger partial charge in [-0.15, -0.1) is 0 Å². The Hall–Kier alpha value is -2.82. The number of carbonyl (C=O) groups excluding carboxylic acids is 1. The van der Waals surface area contributed by atoms with Crippen molar-refractivity contribution in [1.82, 2.24) is 15.3 Å². The monoisotopic (exact) mass is 281 g/mol. The van der Waals surface area contributed by atoms with Crippen LogP contribution in [-0.2, 0) is 6.54 Å². The second kappa shape index (κ2) is 5.66. The molecule has 0 aliphatic rings. The molecule has 5 heteroatoms. The van der Waals surface area contributed by atoms with Gasteiger partial charge in [-0.1, -0.05) is 12.1 Å². The van der Waals surface area contributed by atoms with E-state index in [1.165, 1.54) is 0 Å². The fraction of sp³-hybridized carbons (Fsp3) is 0.125. The fourth-order valence-electron chi connectivity index (χ4n) is 2.10. The largest absolute Gasteiger partial charge is 0.497 e. The topological polar surface area (TPSA) is 67.0 Å². The number of rotatable bonds is 4. The van der Waals surface area contributed by atoms with Gasteiger partial charge in [0.15, 0.2) is 0 Å². The lowest BCUT2D eigenvalue weighted by molar-refractivity contribution is 0.0950. The zero-order valence-electron chi connectivity index (χ0n) is 11.6. The standard InChI is InChI=1S/C16H15N3O2/c1-21-12-8-6-11(7-9-12)16(20)17-10-15-18-13-4-2-3-5-14(13)19-15/h2-9H,10H2,1H3,(H,17,20)(H,18,19). The molecule has 106 valence electrons. The molecule has 0 fully saturated rings. The van der Waals surface area contributed by atoms with Crippen LogP contribution in [0.3, 0.4) is 0 Å². The normalized spacial score (nSPS) is 10.5. The van der Waals surface area contributed by atoms with Gasteiger partial charge < -0.3 is 15.0 Å². The van der Waals surface area contributed by atoms with Crippen molar-refractivity contribution in [3.05, 3.63) is 59.9 Å². The quantitative estimate of drug-likeness (QED) is 0.772. The predicted molar refractivity (Wildman–Crippen MR) is 80.3 cm³/mol. The van der Waals surface area contributed by atoms with Crippen LogP contribution >= 0.6 is 0 Å². The number of nitrogens with zero attached hydrogens (tertiary/aromatic N) is 1. The first-order valence-electron chi connectivity index (χ1n) is 6.62. The van der Waals surface area contributed by atoms with E-state index in [-0.39, 0.29) is 5.91 Å². The Kier molecular flexibility index (Phi) is 3.55. The lowest BCUT2D eigenvalue weighted by Crippen LogP contribution is -2.23. The summed E-state index contributed by atoms with van der Waals surface area (Å²) in [6.07, 6.45) is 0. The molecule has 0 saturated carbocycles. The number of carbonyl (C=O) groups is 1. The molecule has 0 saturated heterocycles. The molecule has 0 atom stereocenters. The average Bonchev–Trinajstić information content (AvgIpc) is 2.95. The molecule has 3 rings (SSSR count). The van der Waals surface area contributed by atoms with Gasteiger partial charge in [0, 0.05) is 5.56 Å². The predicted octanol–water partition coefficient (Wildman–Crippen LogP) is 2.50. The van der Waals surface area contributed by atoms with Crippen molar-refractivity contribution in [3.8, 4) is 5.75 Å². The van der Waals surface area contributed by atoms with Crippen LogP contribution in [0.5, 0.6) is 5.75 Å². The molecule has 21 heavy (non-hydrogen) atoms. The van der Waals surface area contributed by atoms with Gasteiger partial charge in [-0.25, -0.2) is 4.98 Å². The number of methoxy groups -OCH3 is 1. The van der Waals surface area contributed by atoms with E-state index in [1.54, 1.807) is 31.4 Å². The molecule has 2 aromatic carbocycles. The summed E-state index contributed by atoms with van der Waals surface area (Å²) in [5, 5.41) is 2.84. The van der Waals surface area contributed by atoms with Crippen LogP contribution in [0, 0.1) is 0 Å². The summed E-state index contributed by atoms with van der Waals surface area (Å²) in [6.45, 7) is 0.361. The van der Waals surface area contributed by atoms with Crippen LogP contribution < -0.4 is 10.1 Å². The molecule has 3 aromatic rings. The minimum atomic E-state index is -0.141. The van der Waals surface area contributed by atoms with E-state index in [1.807, 2.05) is 24.3 Å². The molecule has 0 radical (unpaired) electrons. The summed E-state index contributed by atoms with van der Waals surface area (Å²) in [4.78, 5) is 19.6. The molecule has 0 bridgehead atoms. The first-order valence-corrected chi connectivity index (χ1v) is 6.62. The van der Waals surface area contributed by atoms with Crippen molar-refractivity contribution in [2.24, 2.45) is 0 Å². The van der Waals surface area contributed by atoms with E-state index in [0.717, 1.165) is 22.6 Å². The Bertz CT molecular complexity index is 730. The maximum absolute atomic E-state index is 12.0. The molecule has 0 spiro atoms. The second-order valence-electron chi connectivity index (χ2n) is 4.61. The second-order valence-corrected chi connectivity index (χ2v) is 4.61. The number of imidazole rings is 1.